The Labute approximate surface area is 146 Å². The molecule has 0 atom stereocenters. The molecule has 140 valence electrons. The summed E-state index contributed by atoms with van der Waals surface area (Å²) in [5.41, 5.74) is 0. The van der Waals surface area contributed by atoms with E-state index in [-0.39, 0.29) is 25.6 Å². The SMILES string of the molecule is CCCCOC(=O)CN1CCN(S(=O)(=O)c2cc(F)ccc2F)CC1. The fraction of sp³-hybridized carbons (Fsp3) is 0.562. The maximum absolute atomic E-state index is 13.8. The third-order valence-electron chi connectivity index (χ3n) is 3.96. The van der Waals surface area contributed by atoms with E-state index in [9.17, 15) is 22.0 Å². The summed E-state index contributed by atoms with van der Waals surface area (Å²) in [6.07, 6.45) is 1.73. The van der Waals surface area contributed by atoms with Gasteiger partial charge in [0.05, 0.1) is 13.2 Å². The van der Waals surface area contributed by atoms with Gasteiger partial charge in [0, 0.05) is 26.2 Å². The van der Waals surface area contributed by atoms with Crippen LogP contribution in [0.4, 0.5) is 8.78 Å². The van der Waals surface area contributed by atoms with Gasteiger partial charge in [0.1, 0.15) is 16.5 Å². The lowest BCUT2D eigenvalue weighted by Crippen LogP contribution is -2.50. The minimum Gasteiger partial charge on any atom is -0.465 e. The second-order valence-electron chi connectivity index (χ2n) is 5.83. The number of rotatable bonds is 7. The van der Waals surface area contributed by atoms with E-state index in [2.05, 4.69) is 0 Å². The van der Waals surface area contributed by atoms with Gasteiger partial charge in [-0.15, -0.1) is 0 Å². The lowest BCUT2D eigenvalue weighted by molar-refractivity contribution is -0.145. The van der Waals surface area contributed by atoms with E-state index < -0.39 is 26.6 Å². The van der Waals surface area contributed by atoms with Crippen molar-refractivity contribution < 1.29 is 26.7 Å². The lowest BCUT2D eigenvalue weighted by Gasteiger charge is -2.33. The molecule has 25 heavy (non-hydrogen) atoms. The summed E-state index contributed by atoms with van der Waals surface area (Å²) in [4.78, 5) is 12.8. The van der Waals surface area contributed by atoms with Crippen LogP contribution < -0.4 is 0 Å². The summed E-state index contributed by atoms with van der Waals surface area (Å²) >= 11 is 0. The van der Waals surface area contributed by atoms with E-state index in [0.29, 0.717) is 25.8 Å². The number of esters is 1. The topological polar surface area (TPSA) is 66.9 Å². The van der Waals surface area contributed by atoms with Crippen molar-refractivity contribution in [2.45, 2.75) is 24.7 Å². The average molecular weight is 376 g/mol. The molecule has 2 rings (SSSR count). The molecule has 0 N–H and O–H groups in total. The molecule has 1 aromatic rings. The molecule has 0 saturated carbocycles. The monoisotopic (exact) mass is 376 g/mol. The molecular formula is C16H22F2N2O4S. The molecule has 0 aliphatic carbocycles. The van der Waals surface area contributed by atoms with Gasteiger partial charge >= 0.3 is 5.97 Å². The van der Waals surface area contributed by atoms with Gasteiger partial charge < -0.3 is 4.74 Å². The summed E-state index contributed by atoms with van der Waals surface area (Å²) in [5.74, 6) is -2.14. The smallest absolute Gasteiger partial charge is 0.320 e. The van der Waals surface area contributed by atoms with Crippen molar-refractivity contribution >= 4 is 16.0 Å². The Bertz CT molecular complexity index is 704. The highest BCUT2D eigenvalue weighted by atomic mass is 32.2. The molecule has 9 heteroatoms. The molecular weight excluding hydrogens is 354 g/mol. The third kappa shape index (κ3) is 5.20. The van der Waals surface area contributed by atoms with Gasteiger partial charge in [-0.1, -0.05) is 13.3 Å². The molecule has 1 fully saturated rings. The van der Waals surface area contributed by atoms with E-state index in [4.69, 9.17) is 4.74 Å². The fourth-order valence-electron chi connectivity index (χ4n) is 2.50. The van der Waals surface area contributed by atoms with Crippen LogP contribution in [-0.4, -0.2) is 62.9 Å². The highest BCUT2D eigenvalue weighted by Gasteiger charge is 2.31. The van der Waals surface area contributed by atoms with Crippen LogP contribution in [0.1, 0.15) is 19.8 Å². The molecule has 6 nitrogen and oxygen atoms in total. The van der Waals surface area contributed by atoms with Crippen LogP contribution in [0.2, 0.25) is 0 Å². The summed E-state index contributed by atoms with van der Waals surface area (Å²) in [7, 11) is -4.11. The Hall–Kier alpha value is -1.58. The first-order chi connectivity index (χ1) is 11.8. The van der Waals surface area contributed by atoms with Crippen LogP contribution in [0, 0.1) is 11.6 Å². The number of carbonyl (C=O) groups excluding carboxylic acids is 1. The van der Waals surface area contributed by atoms with E-state index in [1.165, 1.54) is 0 Å². The predicted molar refractivity (Wildman–Crippen MR) is 87.4 cm³/mol. The van der Waals surface area contributed by atoms with Crippen molar-refractivity contribution in [3.05, 3.63) is 29.8 Å². The first-order valence-electron chi connectivity index (χ1n) is 8.17. The Morgan fingerprint density at radius 3 is 2.52 bits per heavy atom. The largest absolute Gasteiger partial charge is 0.465 e. The lowest BCUT2D eigenvalue weighted by atomic mass is 10.3. The van der Waals surface area contributed by atoms with Gasteiger partial charge in [-0.2, -0.15) is 4.31 Å². The van der Waals surface area contributed by atoms with Crippen molar-refractivity contribution in [3.63, 3.8) is 0 Å². The number of carbonyl (C=O) groups is 1. The third-order valence-corrected chi connectivity index (χ3v) is 5.87. The van der Waals surface area contributed by atoms with Crippen LogP contribution in [-0.2, 0) is 19.6 Å². The van der Waals surface area contributed by atoms with Gasteiger partial charge in [0.15, 0.2) is 0 Å². The van der Waals surface area contributed by atoms with Crippen molar-refractivity contribution in [2.24, 2.45) is 0 Å². The molecule has 1 aliphatic heterocycles. The zero-order chi connectivity index (χ0) is 18.4. The van der Waals surface area contributed by atoms with Crippen molar-refractivity contribution in [1.82, 2.24) is 9.21 Å². The quantitative estimate of drug-likeness (QED) is 0.534. The standard InChI is InChI=1S/C16H22F2N2O4S/c1-2-3-10-24-16(21)12-19-6-8-20(9-7-19)25(22,23)15-11-13(17)4-5-14(15)18/h4-5,11H,2-3,6-10,12H2,1H3. The Balaban J connectivity index is 1.93. The van der Waals surface area contributed by atoms with Crippen LogP contribution in [0.25, 0.3) is 0 Å². The molecule has 0 bridgehead atoms. The van der Waals surface area contributed by atoms with E-state index in [1.54, 1.807) is 4.90 Å². The second-order valence-corrected chi connectivity index (χ2v) is 7.74. The average Bonchev–Trinajstić information content (AvgIpc) is 2.57. The van der Waals surface area contributed by atoms with Crippen LogP contribution in [0.5, 0.6) is 0 Å². The Kier molecular flexibility index (Phi) is 6.86. The maximum atomic E-state index is 13.8. The molecule has 0 aromatic heterocycles. The van der Waals surface area contributed by atoms with Gasteiger partial charge in [-0.05, 0) is 24.6 Å². The van der Waals surface area contributed by atoms with E-state index >= 15 is 0 Å². The van der Waals surface area contributed by atoms with Crippen molar-refractivity contribution in [2.75, 3.05) is 39.3 Å². The molecule has 1 aromatic carbocycles. The number of hydrogen-bond donors (Lipinski definition) is 0. The maximum Gasteiger partial charge on any atom is 0.320 e. The Morgan fingerprint density at radius 1 is 1.20 bits per heavy atom. The number of benzene rings is 1. The summed E-state index contributed by atoms with van der Waals surface area (Å²) in [6, 6.07) is 2.35. The van der Waals surface area contributed by atoms with Crippen molar-refractivity contribution in [3.8, 4) is 0 Å². The highest BCUT2D eigenvalue weighted by Crippen LogP contribution is 2.21. The Morgan fingerprint density at radius 2 is 1.88 bits per heavy atom. The summed E-state index contributed by atoms with van der Waals surface area (Å²) in [6.45, 7) is 3.29. The first kappa shape index (κ1) is 19.7. The fourth-order valence-corrected chi connectivity index (χ4v) is 4.00. The number of sulfonamides is 1. The normalized spacial score (nSPS) is 16.8. The number of ether oxygens (including phenoxy) is 1. The van der Waals surface area contributed by atoms with E-state index in [1.807, 2.05) is 6.92 Å². The molecule has 0 unspecified atom stereocenters. The molecule has 0 spiro atoms. The molecule has 0 amide bonds. The minimum absolute atomic E-state index is 0.0892. The van der Waals surface area contributed by atoms with Crippen LogP contribution in [0.3, 0.4) is 0 Å². The molecule has 1 heterocycles. The van der Waals surface area contributed by atoms with Gasteiger partial charge in [-0.25, -0.2) is 17.2 Å². The van der Waals surface area contributed by atoms with Gasteiger partial charge in [0.2, 0.25) is 10.0 Å². The molecule has 0 radical (unpaired) electrons. The van der Waals surface area contributed by atoms with Gasteiger partial charge in [-0.3, -0.25) is 9.69 Å². The van der Waals surface area contributed by atoms with Gasteiger partial charge in [0.25, 0.3) is 0 Å². The number of unbranched alkanes of at least 4 members (excludes halogenated alkanes) is 1. The second kappa shape index (κ2) is 8.68. The van der Waals surface area contributed by atoms with Crippen LogP contribution in [0.15, 0.2) is 23.1 Å². The summed E-state index contributed by atoms with van der Waals surface area (Å²) < 4.78 is 58.2. The summed E-state index contributed by atoms with van der Waals surface area (Å²) in [5, 5.41) is 0. The molecule has 1 aliphatic rings. The van der Waals surface area contributed by atoms with Crippen molar-refractivity contribution in [1.29, 1.82) is 0 Å². The minimum atomic E-state index is -4.11. The zero-order valence-corrected chi connectivity index (χ0v) is 14.9. The van der Waals surface area contributed by atoms with E-state index in [0.717, 1.165) is 29.3 Å². The highest BCUT2D eigenvalue weighted by molar-refractivity contribution is 7.89. The predicted octanol–water partition coefficient (Wildman–Crippen LogP) is 1.61. The number of nitrogens with zero attached hydrogens (tertiary/aromatic N) is 2. The first-order valence-corrected chi connectivity index (χ1v) is 9.61. The number of halogens is 2. The molecule has 1 saturated heterocycles. The number of piperazine rings is 1. The van der Waals surface area contributed by atoms with Crippen LogP contribution >= 0.6 is 0 Å². The zero-order valence-electron chi connectivity index (χ0n) is 14.1. The number of hydrogen-bond acceptors (Lipinski definition) is 5.